The summed E-state index contributed by atoms with van der Waals surface area (Å²) in [7, 11) is 0. The molecule has 0 nitrogen and oxygen atoms in total. The Morgan fingerprint density at radius 3 is 2.00 bits per heavy atom. The van der Waals surface area contributed by atoms with Crippen LogP contribution in [-0.4, -0.2) is 0 Å². The molecule has 0 aromatic rings. The largest absolute Gasteiger partial charge is 0.0622 e. The Morgan fingerprint density at radius 1 is 1.80 bits per heavy atom. The van der Waals surface area contributed by atoms with E-state index in [2.05, 4.69) is 6.92 Å². The van der Waals surface area contributed by atoms with Gasteiger partial charge in [-0.3, -0.25) is 0 Å². The standard InChI is InChI=1S/C5H8/c1-4-3-5(4)2/h1,4-5H,3H2,2H3. The van der Waals surface area contributed by atoms with E-state index in [9.17, 15) is 0 Å². The molecule has 1 aliphatic rings. The maximum absolute atomic E-state index is 5.37. The third-order valence-electron chi connectivity index (χ3n) is 1.17. The summed E-state index contributed by atoms with van der Waals surface area (Å²) in [5.74, 6) is 1.38. The van der Waals surface area contributed by atoms with Crippen LogP contribution in [-0.2, 0) is 0 Å². The zero-order chi connectivity index (χ0) is 3.86. The smallest absolute Gasteiger partial charge is 0.0315 e. The molecule has 0 aliphatic heterocycles. The van der Waals surface area contributed by atoms with E-state index in [-0.39, 0.29) is 0 Å². The van der Waals surface area contributed by atoms with Gasteiger partial charge < -0.3 is 0 Å². The van der Waals surface area contributed by atoms with Crippen molar-refractivity contribution in [2.75, 3.05) is 0 Å². The lowest BCUT2D eigenvalue weighted by Crippen LogP contribution is -1.59. The normalized spacial score (nSPS) is 49.2. The van der Waals surface area contributed by atoms with Crippen LogP contribution in [0.25, 0.3) is 0 Å². The summed E-state index contributed by atoms with van der Waals surface area (Å²) in [4.78, 5) is 0. The predicted octanol–water partition coefficient (Wildman–Crippen LogP) is 1.35. The Bertz CT molecular complexity index is 33.3. The molecule has 0 aromatic heterocycles. The summed E-state index contributed by atoms with van der Waals surface area (Å²) in [6.45, 7) is 7.54. The molecule has 0 saturated heterocycles. The average Bonchev–Trinajstić information content (AvgIpc) is 1.79. The first-order chi connectivity index (χ1) is 2.30. The Kier molecular flexibility index (Phi) is 0.470. The van der Waals surface area contributed by atoms with Crippen LogP contribution in [0.3, 0.4) is 0 Å². The zero-order valence-electron chi connectivity index (χ0n) is 3.44. The van der Waals surface area contributed by atoms with Gasteiger partial charge in [0.1, 0.15) is 0 Å². The van der Waals surface area contributed by atoms with Crippen LogP contribution in [0.4, 0.5) is 0 Å². The van der Waals surface area contributed by atoms with Gasteiger partial charge >= 0.3 is 0 Å². The molecule has 0 bridgehead atoms. The minimum Gasteiger partial charge on any atom is -0.0622 e. The van der Waals surface area contributed by atoms with Gasteiger partial charge in [0, 0.05) is 0 Å². The van der Waals surface area contributed by atoms with E-state index in [1.54, 1.807) is 0 Å². The van der Waals surface area contributed by atoms with Crippen molar-refractivity contribution in [2.45, 2.75) is 13.3 Å². The number of rotatable bonds is 0. The van der Waals surface area contributed by atoms with Crippen molar-refractivity contribution in [1.29, 1.82) is 0 Å². The molecule has 0 N–H and O–H groups in total. The van der Waals surface area contributed by atoms with Crippen LogP contribution in [0, 0.1) is 18.8 Å². The highest BCUT2D eigenvalue weighted by Crippen LogP contribution is 2.35. The van der Waals surface area contributed by atoms with Gasteiger partial charge in [0.05, 0.1) is 0 Å². The second kappa shape index (κ2) is 0.735. The minimum atomic E-state index is 0.551. The molecular weight excluding hydrogens is 60.1 g/mol. The van der Waals surface area contributed by atoms with Crippen molar-refractivity contribution in [3.63, 3.8) is 0 Å². The highest BCUT2D eigenvalue weighted by Gasteiger charge is 2.26. The summed E-state index contributed by atoms with van der Waals surface area (Å²) < 4.78 is 0. The van der Waals surface area contributed by atoms with Gasteiger partial charge in [-0.05, 0) is 25.2 Å². The molecule has 5 heavy (non-hydrogen) atoms. The molecule has 1 saturated carbocycles. The van der Waals surface area contributed by atoms with Crippen LogP contribution in [0.1, 0.15) is 13.3 Å². The first kappa shape index (κ1) is 3.20. The van der Waals surface area contributed by atoms with Gasteiger partial charge in [-0.15, -0.1) is 0 Å². The third-order valence-corrected chi connectivity index (χ3v) is 1.17. The van der Waals surface area contributed by atoms with Gasteiger partial charge in [-0.25, -0.2) is 0 Å². The minimum absolute atomic E-state index is 0.551. The third kappa shape index (κ3) is 0.444. The fourth-order valence-corrected chi connectivity index (χ4v) is 0.351. The lowest BCUT2D eigenvalue weighted by molar-refractivity contribution is 0.897. The molecule has 1 fully saturated rings. The molecule has 2 radical (unpaired) electrons. The van der Waals surface area contributed by atoms with Crippen molar-refractivity contribution < 1.29 is 0 Å². The van der Waals surface area contributed by atoms with E-state index in [0.717, 1.165) is 5.92 Å². The van der Waals surface area contributed by atoms with Gasteiger partial charge in [0.2, 0.25) is 0 Å². The van der Waals surface area contributed by atoms with Crippen molar-refractivity contribution in [3.8, 4) is 0 Å². The lowest BCUT2D eigenvalue weighted by atomic mass is 10.4. The van der Waals surface area contributed by atoms with E-state index in [0.29, 0.717) is 5.92 Å². The summed E-state index contributed by atoms with van der Waals surface area (Å²) in [5, 5.41) is 0. The van der Waals surface area contributed by atoms with E-state index >= 15 is 0 Å². The van der Waals surface area contributed by atoms with Crippen molar-refractivity contribution in [2.24, 2.45) is 11.8 Å². The second-order valence-electron chi connectivity index (χ2n) is 1.88. The fraction of sp³-hybridized carbons (Fsp3) is 0.800. The molecule has 1 rings (SSSR count). The molecule has 0 spiro atoms. The Balaban J connectivity index is 2.20. The van der Waals surface area contributed by atoms with Gasteiger partial charge in [0.15, 0.2) is 0 Å². The van der Waals surface area contributed by atoms with E-state index in [4.69, 9.17) is 6.92 Å². The molecule has 2 unspecified atom stereocenters. The molecular formula is C5H8. The fourth-order valence-electron chi connectivity index (χ4n) is 0.351. The predicted molar refractivity (Wildman–Crippen MR) is 21.6 cm³/mol. The van der Waals surface area contributed by atoms with Crippen LogP contribution in [0.15, 0.2) is 0 Å². The molecule has 28 valence electrons. The number of hydrogen-bond donors (Lipinski definition) is 0. The van der Waals surface area contributed by atoms with Crippen LogP contribution >= 0.6 is 0 Å². The van der Waals surface area contributed by atoms with Crippen molar-refractivity contribution >= 4 is 0 Å². The molecule has 2 atom stereocenters. The van der Waals surface area contributed by atoms with E-state index in [1.165, 1.54) is 6.42 Å². The maximum atomic E-state index is 5.37. The Hall–Kier alpha value is 0. The van der Waals surface area contributed by atoms with Crippen LogP contribution in [0.5, 0.6) is 0 Å². The monoisotopic (exact) mass is 68.1 g/mol. The molecule has 0 heterocycles. The van der Waals surface area contributed by atoms with Gasteiger partial charge in [-0.2, -0.15) is 0 Å². The summed E-state index contributed by atoms with van der Waals surface area (Å²) in [6, 6.07) is 0. The molecule has 0 aromatic carbocycles. The molecule has 0 heteroatoms. The molecule has 0 amide bonds. The van der Waals surface area contributed by atoms with Crippen molar-refractivity contribution in [3.05, 3.63) is 6.92 Å². The van der Waals surface area contributed by atoms with E-state index < -0.39 is 0 Å². The highest BCUT2D eigenvalue weighted by molar-refractivity contribution is 4.83. The second-order valence-corrected chi connectivity index (χ2v) is 1.88. The first-order valence-corrected chi connectivity index (χ1v) is 2.06. The van der Waals surface area contributed by atoms with Crippen LogP contribution < -0.4 is 0 Å². The van der Waals surface area contributed by atoms with Gasteiger partial charge in [-0.1, -0.05) is 6.92 Å². The summed E-state index contributed by atoms with van der Waals surface area (Å²) in [5.41, 5.74) is 0. The average molecular weight is 68.1 g/mol. The number of hydrogen-bond acceptors (Lipinski definition) is 0. The lowest BCUT2D eigenvalue weighted by Gasteiger charge is -1.66. The first-order valence-electron chi connectivity index (χ1n) is 2.06. The maximum Gasteiger partial charge on any atom is -0.0315 e. The quantitative estimate of drug-likeness (QED) is 0.402. The van der Waals surface area contributed by atoms with Crippen LogP contribution in [0.2, 0.25) is 0 Å². The Labute approximate surface area is 33.2 Å². The van der Waals surface area contributed by atoms with Crippen molar-refractivity contribution in [1.82, 2.24) is 0 Å². The Morgan fingerprint density at radius 2 is 2.00 bits per heavy atom. The molecule has 1 aliphatic carbocycles. The summed E-state index contributed by atoms with van der Waals surface area (Å²) in [6.07, 6.45) is 1.25. The summed E-state index contributed by atoms with van der Waals surface area (Å²) >= 11 is 0. The highest BCUT2D eigenvalue weighted by atomic mass is 14.3. The zero-order valence-corrected chi connectivity index (χ0v) is 3.44. The van der Waals surface area contributed by atoms with Gasteiger partial charge in [0.25, 0.3) is 0 Å². The SMILES string of the molecule is [CH]C1CC1C. The topological polar surface area (TPSA) is 0 Å². The van der Waals surface area contributed by atoms with E-state index in [1.807, 2.05) is 0 Å².